The van der Waals surface area contributed by atoms with Crippen LogP contribution in [0.25, 0.3) is 21.0 Å². The van der Waals surface area contributed by atoms with Crippen molar-refractivity contribution in [1.29, 1.82) is 5.26 Å². The van der Waals surface area contributed by atoms with E-state index in [-0.39, 0.29) is 18.2 Å². The summed E-state index contributed by atoms with van der Waals surface area (Å²) in [6.45, 7) is 3.88. The Labute approximate surface area is 192 Å². The van der Waals surface area contributed by atoms with E-state index < -0.39 is 0 Å². The number of carbonyl (C=O) groups is 1. The van der Waals surface area contributed by atoms with Gasteiger partial charge in [-0.1, -0.05) is 18.2 Å². The minimum atomic E-state index is -0.0773. The van der Waals surface area contributed by atoms with E-state index in [9.17, 15) is 10.1 Å². The van der Waals surface area contributed by atoms with Crippen molar-refractivity contribution in [3.8, 4) is 32.8 Å². The van der Waals surface area contributed by atoms with E-state index in [0.29, 0.717) is 11.3 Å². The summed E-state index contributed by atoms with van der Waals surface area (Å²) in [7, 11) is 3.50. The molecule has 3 aromatic rings. The molecule has 0 radical (unpaired) electrons. The van der Waals surface area contributed by atoms with Crippen molar-refractivity contribution < 1.29 is 9.53 Å². The highest BCUT2D eigenvalue weighted by molar-refractivity contribution is 7.18. The summed E-state index contributed by atoms with van der Waals surface area (Å²) < 4.78 is 5.73. The zero-order valence-corrected chi connectivity index (χ0v) is 19.5. The summed E-state index contributed by atoms with van der Waals surface area (Å²) in [6.07, 6.45) is 3.70. The van der Waals surface area contributed by atoms with E-state index in [1.165, 1.54) is 11.1 Å². The maximum atomic E-state index is 12.1. The van der Waals surface area contributed by atoms with Crippen LogP contribution < -0.4 is 10.1 Å². The molecule has 1 aliphatic carbocycles. The van der Waals surface area contributed by atoms with Gasteiger partial charge in [-0.2, -0.15) is 5.26 Å². The van der Waals surface area contributed by atoms with E-state index in [1.807, 2.05) is 44.3 Å². The van der Waals surface area contributed by atoms with Crippen LogP contribution in [-0.2, 0) is 6.42 Å². The zero-order chi connectivity index (χ0) is 22.8. The first-order valence-electron chi connectivity index (χ1n) is 10.6. The number of thiazole rings is 1. The van der Waals surface area contributed by atoms with E-state index in [0.717, 1.165) is 33.9 Å². The van der Waals surface area contributed by atoms with Gasteiger partial charge in [0.15, 0.2) is 0 Å². The summed E-state index contributed by atoms with van der Waals surface area (Å²) in [5.74, 6) is 0.592. The Morgan fingerprint density at radius 1 is 1.31 bits per heavy atom. The number of nitrogens with zero attached hydrogens (tertiary/aromatic N) is 3. The van der Waals surface area contributed by atoms with Crippen LogP contribution >= 0.6 is 11.3 Å². The molecule has 0 aliphatic heterocycles. The standard InChI is InChI=1S/C25H26N4O2S/c1-15(2)31-22-11-8-16(12-17(22)13-26)24-27-14-23(32-24)20-7-5-6-19-18(20)9-10-21(19)28-25(30)29(3)4/h5-8,11-12,14-15,21H,9-10H2,1-4H3,(H,28,30). The van der Waals surface area contributed by atoms with Crippen molar-refractivity contribution in [3.05, 3.63) is 59.3 Å². The quantitative estimate of drug-likeness (QED) is 0.570. The number of fused-ring (bicyclic) bond motifs is 1. The first-order valence-corrected chi connectivity index (χ1v) is 11.5. The molecule has 4 rings (SSSR count). The van der Waals surface area contributed by atoms with Crippen molar-refractivity contribution in [2.24, 2.45) is 0 Å². The van der Waals surface area contributed by atoms with Crippen molar-refractivity contribution in [3.63, 3.8) is 0 Å². The number of amides is 2. The lowest BCUT2D eigenvalue weighted by Crippen LogP contribution is -2.36. The summed E-state index contributed by atoms with van der Waals surface area (Å²) in [4.78, 5) is 19.4. The monoisotopic (exact) mass is 446 g/mol. The normalized spacial score (nSPS) is 14.7. The predicted molar refractivity (Wildman–Crippen MR) is 127 cm³/mol. The van der Waals surface area contributed by atoms with Crippen LogP contribution in [-0.4, -0.2) is 36.1 Å². The molecule has 0 saturated carbocycles. The van der Waals surface area contributed by atoms with Crippen LogP contribution in [0.3, 0.4) is 0 Å². The highest BCUT2D eigenvalue weighted by Gasteiger charge is 2.27. The summed E-state index contributed by atoms with van der Waals surface area (Å²) in [6, 6.07) is 14.1. The number of nitriles is 1. The minimum absolute atomic E-state index is 0.00549. The Hall–Kier alpha value is -3.37. The molecule has 7 heteroatoms. The second-order valence-electron chi connectivity index (χ2n) is 8.33. The van der Waals surface area contributed by atoms with E-state index >= 15 is 0 Å². The Morgan fingerprint density at radius 2 is 2.12 bits per heavy atom. The van der Waals surface area contributed by atoms with Gasteiger partial charge < -0.3 is 15.0 Å². The average Bonchev–Trinajstić information content (AvgIpc) is 3.41. The van der Waals surface area contributed by atoms with Gasteiger partial charge in [-0.05, 0) is 61.6 Å². The van der Waals surface area contributed by atoms with Crippen LogP contribution in [0.1, 0.15) is 43.0 Å². The first kappa shape index (κ1) is 21.8. The number of rotatable bonds is 5. The molecule has 0 bridgehead atoms. The molecule has 32 heavy (non-hydrogen) atoms. The van der Waals surface area contributed by atoms with Gasteiger partial charge in [-0.25, -0.2) is 9.78 Å². The number of benzene rings is 2. The Morgan fingerprint density at radius 3 is 2.84 bits per heavy atom. The lowest BCUT2D eigenvalue weighted by molar-refractivity contribution is 0.213. The van der Waals surface area contributed by atoms with E-state index in [4.69, 9.17) is 4.74 Å². The van der Waals surface area contributed by atoms with Gasteiger partial charge in [0.25, 0.3) is 0 Å². The second-order valence-corrected chi connectivity index (χ2v) is 9.36. The second kappa shape index (κ2) is 9.01. The number of aromatic nitrogens is 1. The lowest BCUT2D eigenvalue weighted by Gasteiger charge is -2.18. The Bertz CT molecular complexity index is 1190. The molecule has 1 N–H and O–H groups in total. The van der Waals surface area contributed by atoms with Crippen LogP contribution in [0.2, 0.25) is 0 Å². The van der Waals surface area contributed by atoms with Gasteiger partial charge in [0.2, 0.25) is 0 Å². The summed E-state index contributed by atoms with van der Waals surface area (Å²) in [5, 5.41) is 13.5. The third kappa shape index (κ3) is 4.32. The number of urea groups is 1. The van der Waals surface area contributed by atoms with E-state index in [2.05, 4.69) is 28.5 Å². The van der Waals surface area contributed by atoms with Crippen LogP contribution in [0, 0.1) is 11.3 Å². The Balaban J connectivity index is 1.62. The zero-order valence-electron chi connectivity index (χ0n) is 18.7. The van der Waals surface area contributed by atoms with Gasteiger partial charge in [-0.3, -0.25) is 0 Å². The molecule has 0 spiro atoms. The van der Waals surface area contributed by atoms with Crippen molar-refractivity contribution in [1.82, 2.24) is 15.2 Å². The minimum Gasteiger partial charge on any atom is -0.490 e. The first-order chi connectivity index (χ1) is 15.4. The molecule has 0 saturated heterocycles. The van der Waals surface area contributed by atoms with Crippen molar-refractivity contribution in [2.45, 2.75) is 38.8 Å². The molecule has 2 amide bonds. The maximum Gasteiger partial charge on any atom is 0.317 e. The van der Waals surface area contributed by atoms with Crippen molar-refractivity contribution >= 4 is 17.4 Å². The highest BCUT2D eigenvalue weighted by Crippen LogP contribution is 2.41. The molecule has 6 nitrogen and oxygen atoms in total. The van der Waals surface area contributed by atoms with Crippen LogP contribution in [0.4, 0.5) is 4.79 Å². The fourth-order valence-electron chi connectivity index (χ4n) is 3.95. The molecule has 1 unspecified atom stereocenters. The van der Waals surface area contributed by atoms with Gasteiger partial charge >= 0.3 is 6.03 Å². The molecule has 164 valence electrons. The van der Waals surface area contributed by atoms with Crippen molar-refractivity contribution in [2.75, 3.05) is 14.1 Å². The SMILES string of the molecule is CC(C)Oc1ccc(-c2ncc(-c3cccc4c3CCC4NC(=O)N(C)C)s2)cc1C#N. The topological polar surface area (TPSA) is 78.2 Å². The van der Waals surface area contributed by atoms with Crippen LogP contribution in [0.15, 0.2) is 42.6 Å². The fourth-order valence-corrected chi connectivity index (χ4v) is 4.92. The van der Waals surface area contributed by atoms with Gasteiger partial charge in [0.1, 0.15) is 16.8 Å². The average molecular weight is 447 g/mol. The number of hydrogen-bond donors (Lipinski definition) is 1. The molecule has 1 aromatic heterocycles. The van der Waals surface area contributed by atoms with Gasteiger partial charge in [-0.15, -0.1) is 11.3 Å². The molecule has 2 aromatic carbocycles. The Kier molecular flexibility index (Phi) is 6.15. The number of ether oxygens (including phenoxy) is 1. The maximum absolute atomic E-state index is 12.1. The highest BCUT2D eigenvalue weighted by atomic mass is 32.1. The summed E-state index contributed by atoms with van der Waals surface area (Å²) in [5.41, 5.74) is 5.01. The smallest absolute Gasteiger partial charge is 0.317 e. The largest absolute Gasteiger partial charge is 0.490 e. The van der Waals surface area contributed by atoms with E-state index in [1.54, 1.807) is 30.3 Å². The van der Waals surface area contributed by atoms with Crippen LogP contribution in [0.5, 0.6) is 5.75 Å². The molecule has 1 heterocycles. The summed E-state index contributed by atoms with van der Waals surface area (Å²) >= 11 is 1.61. The van der Waals surface area contributed by atoms with Gasteiger partial charge in [0, 0.05) is 25.9 Å². The molecule has 1 atom stereocenters. The lowest BCUT2D eigenvalue weighted by atomic mass is 10.0. The van der Waals surface area contributed by atoms with Gasteiger partial charge in [0.05, 0.1) is 22.6 Å². The molecular weight excluding hydrogens is 420 g/mol. The molecule has 1 aliphatic rings. The number of carbonyl (C=O) groups excluding carboxylic acids is 1. The predicted octanol–water partition coefficient (Wildman–Crippen LogP) is 5.39. The molecule has 0 fully saturated rings. The number of nitrogens with one attached hydrogen (secondary N) is 1. The molecular formula is C25H26N4O2S. The fraction of sp³-hybridized carbons (Fsp3) is 0.320. The third-order valence-corrected chi connectivity index (χ3v) is 6.54. The number of hydrogen-bond acceptors (Lipinski definition) is 5. The third-order valence-electron chi connectivity index (χ3n) is 5.46.